The molecule has 30 heavy (non-hydrogen) atoms. The number of rotatable bonds is 13. The number of nitrogens with one attached hydrogen (secondary N) is 2. The van der Waals surface area contributed by atoms with Gasteiger partial charge in [-0.05, 0) is 75.1 Å². The third-order valence-corrected chi connectivity index (χ3v) is 5.95. The number of halogens is 1. The maximum absolute atomic E-state index is 14.0. The zero-order chi connectivity index (χ0) is 21.0. The maximum atomic E-state index is 14.0. The van der Waals surface area contributed by atoms with Crippen LogP contribution in [0.2, 0.25) is 0 Å². The Labute approximate surface area is 176 Å². The quantitative estimate of drug-likeness (QED) is 0.380. The standard InChI is InChI=1S/C22H30FN3O4/c23-18-7-6-17(12-19(18)30-14-16-4-5-16)22(8-9-22)24-10-2-1-3-11-29-15-26-13-20(27)25-21(26)28/h6-7,12,16,24H,1-5,8-11,13-15H2,(H,25,27,28). The first-order chi connectivity index (χ1) is 14.6. The lowest BCUT2D eigenvalue weighted by atomic mass is 10.0. The second-order valence-electron chi connectivity index (χ2n) is 8.56. The first kappa shape index (κ1) is 21.1. The molecule has 1 aromatic rings. The number of hydrogen-bond acceptors (Lipinski definition) is 5. The molecule has 3 fully saturated rings. The molecule has 0 radical (unpaired) electrons. The van der Waals surface area contributed by atoms with Crippen molar-refractivity contribution < 1.29 is 23.5 Å². The van der Waals surface area contributed by atoms with Gasteiger partial charge in [0.25, 0.3) is 0 Å². The van der Waals surface area contributed by atoms with Crippen LogP contribution in [0.25, 0.3) is 0 Å². The van der Waals surface area contributed by atoms with Crippen LogP contribution >= 0.6 is 0 Å². The Morgan fingerprint density at radius 2 is 2.03 bits per heavy atom. The summed E-state index contributed by atoms with van der Waals surface area (Å²) in [6.45, 7) is 2.28. The Kier molecular flexibility index (Phi) is 6.53. The summed E-state index contributed by atoms with van der Waals surface area (Å²) in [5.74, 6) is 0.399. The third kappa shape index (κ3) is 5.49. The summed E-state index contributed by atoms with van der Waals surface area (Å²) < 4.78 is 25.2. The summed E-state index contributed by atoms with van der Waals surface area (Å²) in [7, 11) is 0. The molecule has 0 unspecified atom stereocenters. The fourth-order valence-corrected chi connectivity index (χ4v) is 3.69. The van der Waals surface area contributed by atoms with Gasteiger partial charge in [-0.15, -0.1) is 0 Å². The Balaban J connectivity index is 1.12. The van der Waals surface area contributed by atoms with Gasteiger partial charge in [0.2, 0.25) is 5.91 Å². The Bertz CT molecular complexity index is 780. The van der Waals surface area contributed by atoms with Crippen molar-refractivity contribution in [3.05, 3.63) is 29.6 Å². The van der Waals surface area contributed by atoms with Crippen LogP contribution in [0.15, 0.2) is 18.2 Å². The molecule has 0 atom stereocenters. The predicted octanol–water partition coefficient (Wildman–Crippen LogP) is 2.89. The smallest absolute Gasteiger partial charge is 0.326 e. The molecule has 4 rings (SSSR count). The van der Waals surface area contributed by atoms with Crippen LogP contribution in [0.5, 0.6) is 5.75 Å². The largest absolute Gasteiger partial charge is 0.490 e. The monoisotopic (exact) mass is 419 g/mol. The molecular weight excluding hydrogens is 389 g/mol. The number of benzene rings is 1. The molecule has 164 valence electrons. The van der Waals surface area contributed by atoms with Gasteiger partial charge >= 0.3 is 6.03 Å². The number of nitrogens with zero attached hydrogens (tertiary/aromatic N) is 1. The number of unbranched alkanes of at least 4 members (excludes halogenated alkanes) is 2. The van der Waals surface area contributed by atoms with E-state index in [1.807, 2.05) is 12.1 Å². The first-order valence-electron chi connectivity index (χ1n) is 10.9. The van der Waals surface area contributed by atoms with Crippen molar-refractivity contribution in [1.29, 1.82) is 0 Å². The Morgan fingerprint density at radius 1 is 1.20 bits per heavy atom. The molecule has 2 saturated carbocycles. The summed E-state index contributed by atoms with van der Waals surface area (Å²) in [6.07, 6.45) is 7.40. The van der Waals surface area contributed by atoms with Gasteiger partial charge in [0.05, 0.1) is 6.61 Å². The zero-order valence-electron chi connectivity index (χ0n) is 17.3. The summed E-state index contributed by atoms with van der Waals surface area (Å²) in [5, 5.41) is 5.86. The summed E-state index contributed by atoms with van der Waals surface area (Å²) in [5.41, 5.74) is 1.06. The fourth-order valence-electron chi connectivity index (χ4n) is 3.69. The highest BCUT2D eigenvalue weighted by Crippen LogP contribution is 2.46. The van der Waals surface area contributed by atoms with E-state index in [2.05, 4.69) is 10.6 Å². The van der Waals surface area contributed by atoms with Gasteiger partial charge in [0.1, 0.15) is 13.3 Å². The van der Waals surface area contributed by atoms with E-state index in [-0.39, 0.29) is 36.6 Å². The number of imide groups is 1. The van der Waals surface area contributed by atoms with Crippen LogP contribution in [-0.4, -0.2) is 49.9 Å². The van der Waals surface area contributed by atoms with Crippen molar-refractivity contribution in [1.82, 2.24) is 15.5 Å². The van der Waals surface area contributed by atoms with E-state index in [9.17, 15) is 14.0 Å². The Hall–Kier alpha value is -2.19. The van der Waals surface area contributed by atoms with E-state index in [1.165, 1.54) is 23.8 Å². The minimum Gasteiger partial charge on any atom is -0.490 e. The second kappa shape index (κ2) is 9.31. The molecule has 1 heterocycles. The van der Waals surface area contributed by atoms with Gasteiger partial charge in [-0.3, -0.25) is 15.0 Å². The first-order valence-corrected chi connectivity index (χ1v) is 10.9. The highest BCUT2D eigenvalue weighted by molar-refractivity contribution is 6.01. The third-order valence-electron chi connectivity index (χ3n) is 5.95. The molecule has 3 amide bonds. The van der Waals surface area contributed by atoms with E-state index in [0.29, 0.717) is 24.9 Å². The van der Waals surface area contributed by atoms with Gasteiger partial charge in [-0.1, -0.05) is 6.07 Å². The molecule has 2 N–H and O–H groups in total. The van der Waals surface area contributed by atoms with Gasteiger partial charge in [-0.2, -0.15) is 0 Å². The lowest BCUT2D eigenvalue weighted by Crippen LogP contribution is -2.30. The molecule has 1 aromatic carbocycles. The Morgan fingerprint density at radius 3 is 2.73 bits per heavy atom. The van der Waals surface area contributed by atoms with Crippen LogP contribution in [0.1, 0.15) is 50.5 Å². The molecule has 7 nitrogen and oxygen atoms in total. The number of urea groups is 1. The molecule has 8 heteroatoms. The highest BCUT2D eigenvalue weighted by Gasteiger charge is 2.44. The normalized spacial score (nSPS) is 19.8. The van der Waals surface area contributed by atoms with Gasteiger partial charge in [-0.25, -0.2) is 9.18 Å². The van der Waals surface area contributed by atoms with Crippen molar-refractivity contribution >= 4 is 11.9 Å². The van der Waals surface area contributed by atoms with Crippen LogP contribution in [0.3, 0.4) is 0 Å². The minimum atomic E-state index is -0.388. The molecule has 0 aromatic heterocycles. The summed E-state index contributed by atoms with van der Waals surface area (Å²) >= 11 is 0. The minimum absolute atomic E-state index is 0.0441. The molecule has 0 bridgehead atoms. The lowest BCUT2D eigenvalue weighted by molar-refractivity contribution is -0.118. The molecular formula is C22H30FN3O4. The van der Waals surface area contributed by atoms with Crippen molar-refractivity contribution in [2.24, 2.45) is 5.92 Å². The van der Waals surface area contributed by atoms with E-state index >= 15 is 0 Å². The average Bonchev–Trinajstić information content (AvgIpc) is 3.64. The van der Waals surface area contributed by atoms with Crippen molar-refractivity contribution in [3.63, 3.8) is 0 Å². The molecule has 3 aliphatic rings. The lowest BCUT2D eigenvalue weighted by Gasteiger charge is -2.19. The second-order valence-corrected chi connectivity index (χ2v) is 8.56. The molecule has 2 aliphatic carbocycles. The highest BCUT2D eigenvalue weighted by atomic mass is 19.1. The van der Waals surface area contributed by atoms with E-state index < -0.39 is 0 Å². The van der Waals surface area contributed by atoms with Crippen molar-refractivity contribution in [2.45, 2.75) is 50.5 Å². The van der Waals surface area contributed by atoms with Gasteiger partial charge in [0, 0.05) is 12.1 Å². The van der Waals surface area contributed by atoms with E-state index in [0.717, 1.165) is 44.2 Å². The topological polar surface area (TPSA) is 79.9 Å². The van der Waals surface area contributed by atoms with Crippen LogP contribution < -0.4 is 15.4 Å². The SMILES string of the molecule is O=C1CN(COCCCCCNC2(c3ccc(F)c(OCC4CC4)c3)CC2)C(=O)N1. The summed E-state index contributed by atoms with van der Waals surface area (Å²) in [6, 6.07) is 4.86. The fraction of sp³-hybridized carbons (Fsp3) is 0.636. The number of carbonyl (C=O) groups is 2. The number of carbonyl (C=O) groups excluding carboxylic acids is 2. The molecule has 0 spiro atoms. The van der Waals surface area contributed by atoms with Gasteiger partial charge in [0.15, 0.2) is 11.6 Å². The maximum Gasteiger partial charge on any atom is 0.326 e. The van der Waals surface area contributed by atoms with Crippen molar-refractivity contribution in [2.75, 3.05) is 33.0 Å². The summed E-state index contributed by atoms with van der Waals surface area (Å²) in [4.78, 5) is 23.8. The number of amides is 3. The predicted molar refractivity (Wildman–Crippen MR) is 108 cm³/mol. The van der Waals surface area contributed by atoms with Crippen LogP contribution in [0, 0.1) is 11.7 Å². The van der Waals surface area contributed by atoms with Crippen LogP contribution in [-0.2, 0) is 15.1 Å². The number of hydrogen-bond donors (Lipinski definition) is 2. The molecule has 1 aliphatic heterocycles. The van der Waals surface area contributed by atoms with E-state index in [1.54, 1.807) is 0 Å². The van der Waals surface area contributed by atoms with Gasteiger partial charge < -0.3 is 14.8 Å². The van der Waals surface area contributed by atoms with Crippen LogP contribution in [0.4, 0.5) is 9.18 Å². The average molecular weight is 419 g/mol. The van der Waals surface area contributed by atoms with Crippen molar-refractivity contribution in [3.8, 4) is 5.75 Å². The zero-order valence-corrected chi connectivity index (χ0v) is 17.3. The van der Waals surface area contributed by atoms with E-state index in [4.69, 9.17) is 9.47 Å². The number of ether oxygens (including phenoxy) is 2. The molecule has 1 saturated heterocycles.